The second-order valence-electron chi connectivity index (χ2n) is 4.22. The van der Waals surface area contributed by atoms with Crippen LogP contribution in [-0.2, 0) is 4.74 Å². The molecule has 2 heteroatoms. The van der Waals surface area contributed by atoms with Crippen molar-refractivity contribution in [3.8, 4) is 5.75 Å². The van der Waals surface area contributed by atoms with Gasteiger partial charge in [-0.25, -0.2) is 0 Å². The van der Waals surface area contributed by atoms with Gasteiger partial charge in [-0.2, -0.15) is 0 Å². The predicted molar refractivity (Wildman–Crippen MR) is 56.5 cm³/mol. The van der Waals surface area contributed by atoms with Gasteiger partial charge in [0.05, 0.1) is 12.7 Å². The quantitative estimate of drug-likeness (QED) is 0.729. The molecule has 2 nitrogen and oxygen atoms in total. The number of rotatable bonds is 5. The van der Waals surface area contributed by atoms with Gasteiger partial charge in [-0.3, -0.25) is 0 Å². The first kappa shape index (κ1) is 9.22. The van der Waals surface area contributed by atoms with E-state index in [1.807, 2.05) is 24.3 Å². The minimum absolute atomic E-state index is 0.349. The third-order valence-electron chi connectivity index (χ3n) is 2.77. The van der Waals surface area contributed by atoms with Gasteiger partial charge in [0.15, 0.2) is 0 Å². The van der Waals surface area contributed by atoms with E-state index < -0.39 is 0 Å². The molecule has 0 spiro atoms. The van der Waals surface area contributed by atoms with E-state index in [4.69, 9.17) is 9.47 Å². The lowest BCUT2D eigenvalue weighted by molar-refractivity contribution is 0.106. The minimum atomic E-state index is 0.349. The highest BCUT2D eigenvalue weighted by Gasteiger charge is 2.41. The second kappa shape index (κ2) is 3.86. The summed E-state index contributed by atoms with van der Waals surface area (Å²) < 4.78 is 11.3. The van der Waals surface area contributed by atoms with Crippen molar-refractivity contribution >= 4 is 0 Å². The summed E-state index contributed by atoms with van der Waals surface area (Å²) in [4.78, 5) is 0. The average molecular weight is 202 g/mol. The van der Waals surface area contributed by atoms with E-state index >= 15 is 0 Å². The van der Waals surface area contributed by atoms with Crippen LogP contribution in [0.1, 0.15) is 12.8 Å². The zero-order valence-electron chi connectivity index (χ0n) is 8.56. The first-order chi connectivity index (χ1) is 7.42. The maximum absolute atomic E-state index is 5.74. The molecule has 2 saturated carbocycles. The van der Waals surface area contributed by atoms with Gasteiger partial charge in [0.1, 0.15) is 11.9 Å². The van der Waals surface area contributed by atoms with Crippen molar-refractivity contribution in [2.24, 2.45) is 5.92 Å². The van der Waals surface area contributed by atoms with E-state index in [1.54, 1.807) is 0 Å². The first-order valence-corrected chi connectivity index (χ1v) is 5.50. The van der Waals surface area contributed by atoms with Crippen LogP contribution in [-0.4, -0.2) is 18.8 Å². The molecule has 0 N–H and O–H groups in total. The van der Waals surface area contributed by atoms with Crippen molar-refractivity contribution < 1.29 is 9.47 Å². The molecular formula is C13H14O2. The first-order valence-electron chi connectivity index (χ1n) is 5.50. The third kappa shape index (κ3) is 2.51. The Morgan fingerprint density at radius 1 is 1.40 bits per heavy atom. The topological polar surface area (TPSA) is 18.5 Å². The Morgan fingerprint density at radius 3 is 3.07 bits per heavy atom. The molecule has 78 valence electrons. The molecule has 1 aromatic rings. The number of hydrogen-bond donors (Lipinski definition) is 0. The molecule has 2 aliphatic carbocycles. The van der Waals surface area contributed by atoms with Crippen molar-refractivity contribution in [1.82, 2.24) is 0 Å². The molecule has 3 atom stereocenters. The van der Waals surface area contributed by atoms with Crippen LogP contribution in [0.25, 0.3) is 0 Å². The van der Waals surface area contributed by atoms with Crippen LogP contribution in [0.5, 0.6) is 5.75 Å². The number of para-hydroxylation sites is 1. The smallest absolute Gasteiger partial charge is 0.127 e. The summed E-state index contributed by atoms with van der Waals surface area (Å²) in [7, 11) is 0. The maximum Gasteiger partial charge on any atom is 0.127 e. The van der Waals surface area contributed by atoms with Crippen LogP contribution in [0, 0.1) is 18.4 Å². The van der Waals surface area contributed by atoms with Gasteiger partial charge >= 0.3 is 0 Å². The zero-order chi connectivity index (χ0) is 10.1. The molecule has 3 rings (SSSR count). The van der Waals surface area contributed by atoms with E-state index in [0.717, 1.165) is 25.2 Å². The summed E-state index contributed by atoms with van der Waals surface area (Å²) in [5.41, 5.74) is 0. The van der Waals surface area contributed by atoms with Gasteiger partial charge in [-0.05, 0) is 25.3 Å². The number of hydrogen-bond acceptors (Lipinski definition) is 2. The summed E-state index contributed by atoms with van der Waals surface area (Å²) in [5.74, 6) is 1.44. The van der Waals surface area contributed by atoms with E-state index in [0.29, 0.717) is 18.1 Å². The SMILES string of the molecule is [c]1ccccc1OC1CC1COC1[CH]C1. The van der Waals surface area contributed by atoms with Crippen LogP contribution in [0.3, 0.4) is 0 Å². The summed E-state index contributed by atoms with van der Waals surface area (Å²) >= 11 is 0. The molecule has 0 saturated heterocycles. The van der Waals surface area contributed by atoms with E-state index in [2.05, 4.69) is 12.5 Å². The lowest BCUT2D eigenvalue weighted by Crippen LogP contribution is -2.06. The number of ether oxygens (including phenoxy) is 2. The van der Waals surface area contributed by atoms with Crippen molar-refractivity contribution in [3.05, 3.63) is 36.8 Å². The van der Waals surface area contributed by atoms with Crippen LogP contribution >= 0.6 is 0 Å². The highest BCUT2D eigenvalue weighted by atomic mass is 16.5. The van der Waals surface area contributed by atoms with Crippen LogP contribution in [0.15, 0.2) is 24.3 Å². The van der Waals surface area contributed by atoms with Gasteiger partial charge in [0.2, 0.25) is 0 Å². The van der Waals surface area contributed by atoms with Crippen molar-refractivity contribution in [3.63, 3.8) is 0 Å². The predicted octanol–water partition coefficient (Wildman–Crippen LogP) is 2.25. The largest absolute Gasteiger partial charge is 0.489 e. The summed E-state index contributed by atoms with van der Waals surface area (Å²) in [6.45, 7) is 0.846. The van der Waals surface area contributed by atoms with E-state index in [-0.39, 0.29) is 0 Å². The Morgan fingerprint density at radius 2 is 2.33 bits per heavy atom. The monoisotopic (exact) mass is 202 g/mol. The molecule has 0 aromatic heterocycles. The molecule has 1 aromatic carbocycles. The highest BCUT2D eigenvalue weighted by molar-refractivity contribution is 5.20. The molecule has 0 amide bonds. The van der Waals surface area contributed by atoms with Crippen molar-refractivity contribution in [2.75, 3.05) is 6.61 Å². The normalized spacial score (nSPS) is 28.8. The molecule has 3 unspecified atom stereocenters. The molecule has 0 aliphatic heterocycles. The Balaban J connectivity index is 1.42. The maximum atomic E-state index is 5.74. The summed E-state index contributed by atoms with van der Waals surface area (Å²) in [6.07, 6.45) is 5.22. The van der Waals surface area contributed by atoms with Crippen molar-refractivity contribution in [2.45, 2.75) is 25.0 Å². The average Bonchev–Trinajstić information content (AvgIpc) is 3.12. The number of benzene rings is 1. The Labute approximate surface area is 90.2 Å². The second-order valence-corrected chi connectivity index (χ2v) is 4.22. The molecule has 2 fully saturated rings. The van der Waals surface area contributed by atoms with Crippen LogP contribution < -0.4 is 4.74 Å². The van der Waals surface area contributed by atoms with E-state index in [9.17, 15) is 0 Å². The minimum Gasteiger partial charge on any atom is -0.489 e. The molecule has 2 radical (unpaired) electrons. The van der Waals surface area contributed by atoms with Gasteiger partial charge in [0, 0.05) is 12.0 Å². The molecular weight excluding hydrogens is 188 g/mol. The summed E-state index contributed by atoms with van der Waals surface area (Å²) in [6, 6.07) is 10.8. The van der Waals surface area contributed by atoms with Crippen LogP contribution in [0.2, 0.25) is 0 Å². The lowest BCUT2D eigenvalue weighted by Gasteiger charge is -2.04. The fourth-order valence-corrected chi connectivity index (χ4v) is 1.59. The van der Waals surface area contributed by atoms with Gasteiger partial charge in [0.25, 0.3) is 0 Å². The fraction of sp³-hybridized carbons (Fsp3) is 0.462. The summed E-state index contributed by atoms with van der Waals surface area (Å²) in [5, 5.41) is 0. The molecule has 0 heterocycles. The lowest BCUT2D eigenvalue weighted by atomic mass is 10.3. The Hall–Kier alpha value is -1.02. The standard InChI is InChI=1S/C13H14O2/c1-2-4-12(5-3-1)15-13-8-10(13)9-14-11-6-7-11/h1-4,6,10-11,13H,7-9H2. The van der Waals surface area contributed by atoms with Gasteiger partial charge < -0.3 is 9.47 Å². The van der Waals surface area contributed by atoms with E-state index in [1.165, 1.54) is 0 Å². The fourth-order valence-electron chi connectivity index (χ4n) is 1.59. The Bertz CT molecular complexity index is 319. The van der Waals surface area contributed by atoms with Crippen LogP contribution in [0.4, 0.5) is 0 Å². The molecule has 0 bridgehead atoms. The molecule has 2 aliphatic rings. The van der Waals surface area contributed by atoms with Crippen molar-refractivity contribution in [1.29, 1.82) is 0 Å². The van der Waals surface area contributed by atoms with Gasteiger partial charge in [-0.1, -0.05) is 18.2 Å². The van der Waals surface area contributed by atoms with Gasteiger partial charge in [-0.15, -0.1) is 0 Å². The zero-order valence-corrected chi connectivity index (χ0v) is 8.56. The Kier molecular flexibility index (Phi) is 2.37. The molecule has 15 heavy (non-hydrogen) atoms. The third-order valence-corrected chi connectivity index (χ3v) is 2.77. The highest BCUT2D eigenvalue weighted by Crippen LogP contribution is 2.36.